The molecule has 0 aliphatic heterocycles. The second kappa shape index (κ2) is 79.6. The lowest BCUT2D eigenvalue weighted by Gasteiger charge is -2.21. The molecule has 0 saturated heterocycles. The molecule has 19 heteroatoms. The molecular weight excluding hydrogens is 1380 g/mol. The maximum Gasteiger partial charge on any atom is 0.472 e. The molecule has 0 spiro atoms. The summed E-state index contributed by atoms with van der Waals surface area (Å²) in [6.45, 7) is 4.85. The van der Waals surface area contributed by atoms with Crippen LogP contribution in [0.2, 0.25) is 0 Å². The quantitative estimate of drug-likeness (QED) is 0.0169. The van der Waals surface area contributed by atoms with Gasteiger partial charge in [-0.3, -0.25) is 37.3 Å². The van der Waals surface area contributed by atoms with Crippen LogP contribution in [0.25, 0.3) is 0 Å². The Hall–Kier alpha value is -3.50. The molecular formula is C87H158O17P2. The van der Waals surface area contributed by atoms with Crippen molar-refractivity contribution in [1.29, 1.82) is 0 Å². The lowest BCUT2D eigenvalue weighted by atomic mass is 10.0. The van der Waals surface area contributed by atoms with Crippen LogP contribution in [-0.2, 0) is 65.4 Å². The molecule has 0 radical (unpaired) electrons. The van der Waals surface area contributed by atoms with Crippen molar-refractivity contribution in [3.8, 4) is 0 Å². The zero-order chi connectivity index (χ0) is 77.4. The van der Waals surface area contributed by atoms with Crippen molar-refractivity contribution in [2.45, 2.75) is 418 Å². The molecule has 3 N–H and O–H groups in total. The standard InChI is InChI=1S/C87H158O17P2/c1-5-9-13-17-21-25-29-33-37-40-44-47-51-55-59-63-67-71-84(89)97-77-82(103-86(91)73-69-65-61-57-53-49-43-36-32-28-24-20-16-12-8-4)79-101-105(93,94)99-75-81(88)76-100-106(95,96)102-80-83(104-87(92)74-70-66-62-58-54-50-46-42-39-35-31-27-23-19-15-11-7-3)78-98-85(90)72-68-64-60-56-52-48-45-41-38-34-30-26-22-18-14-10-6-2/h22,24,26,28,34,36,38,43,45,48,56,60,81-83,88H,5-21,23,25,27,29-33,35,37,39-42,44,46-47,49-55,57-59,61-80H2,1-4H3,(H,93,94)(H,95,96)/b26-22-,28-24-,38-34-,43-36-,48-45-,60-56-/t81-,82+,83+/m0/s1. The minimum Gasteiger partial charge on any atom is -0.462 e. The lowest BCUT2D eigenvalue weighted by molar-refractivity contribution is -0.161. The van der Waals surface area contributed by atoms with Crippen LogP contribution in [0.5, 0.6) is 0 Å². The Bertz CT molecular complexity index is 2280. The second-order valence-electron chi connectivity index (χ2n) is 29.1. The highest BCUT2D eigenvalue weighted by molar-refractivity contribution is 7.47. The first-order valence-corrected chi connectivity index (χ1v) is 46.2. The summed E-state index contributed by atoms with van der Waals surface area (Å²) in [5.74, 6) is -2.22. The highest BCUT2D eigenvalue weighted by Gasteiger charge is 2.30. The molecule has 0 rings (SSSR count). The van der Waals surface area contributed by atoms with Crippen LogP contribution in [0.3, 0.4) is 0 Å². The highest BCUT2D eigenvalue weighted by Crippen LogP contribution is 2.45. The van der Waals surface area contributed by atoms with Gasteiger partial charge in [-0.1, -0.05) is 351 Å². The first kappa shape index (κ1) is 102. The molecule has 106 heavy (non-hydrogen) atoms. The molecule has 0 fully saturated rings. The number of phosphoric acid groups is 2. The molecule has 618 valence electrons. The lowest BCUT2D eigenvalue weighted by Crippen LogP contribution is -2.30. The van der Waals surface area contributed by atoms with Crippen LogP contribution in [-0.4, -0.2) is 96.7 Å². The fourth-order valence-electron chi connectivity index (χ4n) is 12.1. The Kier molecular flexibility index (Phi) is 77.0. The molecule has 0 aliphatic rings. The minimum absolute atomic E-state index is 0.0826. The van der Waals surface area contributed by atoms with Gasteiger partial charge in [-0.25, -0.2) is 9.13 Å². The van der Waals surface area contributed by atoms with Crippen LogP contribution in [0.15, 0.2) is 72.9 Å². The van der Waals surface area contributed by atoms with Gasteiger partial charge in [0.2, 0.25) is 0 Å². The molecule has 0 aromatic carbocycles. The first-order chi connectivity index (χ1) is 51.7. The average molecular weight is 1540 g/mol. The Balaban J connectivity index is 5.38. The van der Waals surface area contributed by atoms with E-state index in [4.69, 9.17) is 37.0 Å². The molecule has 17 nitrogen and oxygen atoms in total. The molecule has 0 aromatic heterocycles. The number of phosphoric ester groups is 2. The third kappa shape index (κ3) is 78.6. The van der Waals surface area contributed by atoms with E-state index in [0.717, 1.165) is 116 Å². The van der Waals surface area contributed by atoms with E-state index in [1.807, 2.05) is 12.2 Å². The van der Waals surface area contributed by atoms with Gasteiger partial charge in [-0.2, -0.15) is 0 Å². The summed E-state index contributed by atoms with van der Waals surface area (Å²) >= 11 is 0. The van der Waals surface area contributed by atoms with Crippen molar-refractivity contribution in [1.82, 2.24) is 0 Å². The summed E-state index contributed by atoms with van der Waals surface area (Å²) in [7, 11) is -9.97. The number of aliphatic hydroxyl groups is 1. The number of allylic oxidation sites excluding steroid dienone is 12. The number of aliphatic hydroxyl groups excluding tert-OH is 1. The van der Waals surface area contributed by atoms with Crippen LogP contribution in [0.1, 0.15) is 400 Å². The van der Waals surface area contributed by atoms with Crippen molar-refractivity contribution in [3.05, 3.63) is 72.9 Å². The fourth-order valence-corrected chi connectivity index (χ4v) is 13.6. The van der Waals surface area contributed by atoms with E-state index in [1.54, 1.807) is 0 Å². The largest absolute Gasteiger partial charge is 0.472 e. The number of carbonyl (C=O) groups excluding carboxylic acids is 4. The van der Waals surface area contributed by atoms with E-state index < -0.39 is 97.5 Å². The van der Waals surface area contributed by atoms with E-state index in [-0.39, 0.29) is 25.7 Å². The van der Waals surface area contributed by atoms with Crippen molar-refractivity contribution in [2.75, 3.05) is 39.6 Å². The second-order valence-corrected chi connectivity index (χ2v) is 32.0. The van der Waals surface area contributed by atoms with Crippen molar-refractivity contribution < 1.29 is 80.2 Å². The first-order valence-electron chi connectivity index (χ1n) is 43.2. The number of hydrogen-bond donors (Lipinski definition) is 3. The molecule has 0 aromatic rings. The monoisotopic (exact) mass is 1540 g/mol. The summed E-state index contributed by atoms with van der Waals surface area (Å²) in [6.07, 6.45) is 83.0. The Morgan fingerprint density at radius 1 is 0.264 bits per heavy atom. The molecule has 0 bridgehead atoms. The van der Waals surface area contributed by atoms with Gasteiger partial charge in [0, 0.05) is 25.7 Å². The Morgan fingerprint density at radius 3 is 0.764 bits per heavy atom. The number of unbranched alkanes of at least 4 members (excludes halogenated alkanes) is 44. The van der Waals surface area contributed by atoms with Gasteiger partial charge >= 0.3 is 39.5 Å². The van der Waals surface area contributed by atoms with Gasteiger partial charge < -0.3 is 33.8 Å². The van der Waals surface area contributed by atoms with Crippen LogP contribution >= 0.6 is 15.6 Å². The molecule has 0 amide bonds. The summed E-state index contributed by atoms with van der Waals surface area (Å²) < 4.78 is 68.8. The van der Waals surface area contributed by atoms with Gasteiger partial charge in [-0.15, -0.1) is 0 Å². The van der Waals surface area contributed by atoms with Gasteiger partial charge in [0.15, 0.2) is 12.2 Å². The topological polar surface area (TPSA) is 237 Å². The van der Waals surface area contributed by atoms with Crippen molar-refractivity contribution in [3.63, 3.8) is 0 Å². The van der Waals surface area contributed by atoms with E-state index >= 15 is 0 Å². The summed E-state index contributed by atoms with van der Waals surface area (Å²) in [5, 5.41) is 10.7. The third-order valence-corrected chi connectivity index (χ3v) is 20.6. The Labute approximate surface area is 647 Å². The predicted molar refractivity (Wildman–Crippen MR) is 436 cm³/mol. The van der Waals surface area contributed by atoms with Gasteiger partial charge in [-0.05, 0) is 96.3 Å². The smallest absolute Gasteiger partial charge is 0.462 e. The minimum atomic E-state index is -4.99. The van der Waals surface area contributed by atoms with E-state index in [1.165, 1.54) is 199 Å². The molecule has 5 atom stereocenters. The number of hydrogen-bond acceptors (Lipinski definition) is 15. The van der Waals surface area contributed by atoms with Gasteiger partial charge in [0.1, 0.15) is 19.3 Å². The number of rotatable bonds is 82. The van der Waals surface area contributed by atoms with Crippen molar-refractivity contribution >= 4 is 39.5 Å². The molecule has 0 saturated carbocycles. The van der Waals surface area contributed by atoms with Crippen molar-refractivity contribution in [2.24, 2.45) is 0 Å². The average Bonchev–Trinajstić information content (AvgIpc) is 0.902. The number of ether oxygens (including phenoxy) is 4. The van der Waals surface area contributed by atoms with E-state index in [9.17, 15) is 43.2 Å². The fraction of sp³-hybridized carbons (Fsp3) is 0.816. The Morgan fingerprint density at radius 2 is 0.472 bits per heavy atom. The van der Waals surface area contributed by atoms with E-state index in [0.29, 0.717) is 32.1 Å². The predicted octanol–water partition coefficient (Wildman–Crippen LogP) is 25.6. The zero-order valence-corrected chi connectivity index (χ0v) is 69.7. The highest BCUT2D eigenvalue weighted by atomic mass is 31.2. The summed E-state index contributed by atoms with van der Waals surface area (Å²) in [5.41, 5.74) is 0. The van der Waals surface area contributed by atoms with Crippen LogP contribution in [0.4, 0.5) is 0 Å². The SMILES string of the molecule is CCCCC/C=C\C/C=C\C/C=C\C/C=C\CCCC(=O)OC[C@H](COP(=O)(O)OC[C@@H](O)COP(=O)(O)OC[C@@H](COC(=O)CCCCCCCCCCCCCCCCCCC)OC(=O)CCCCCCC/C=C\C/C=C\CCCCC)OC(=O)CCCCCCCCCCCCCCCCCCC. The molecule has 0 heterocycles. The van der Waals surface area contributed by atoms with Gasteiger partial charge in [0.25, 0.3) is 0 Å². The third-order valence-electron chi connectivity index (χ3n) is 18.7. The number of esters is 4. The molecule has 2 unspecified atom stereocenters. The maximum atomic E-state index is 13.1. The zero-order valence-electron chi connectivity index (χ0n) is 67.9. The normalized spacial score (nSPS) is 14.1. The number of carbonyl (C=O) groups is 4. The van der Waals surface area contributed by atoms with Crippen LogP contribution in [0, 0.1) is 0 Å². The van der Waals surface area contributed by atoms with Gasteiger partial charge in [0.05, 0.1) is 26.4 Å². The van der Waals surface area contributed by atoms with E-state index in [2.05, 4.69) is 88.5 Å². The summed E-state index contributed by atoms with van der Waals surface area (Å²) in [4.78, 5) is 73.2. The maximum absolute atomic E-state index is 13.1. The van der Waals surface area contributed by atoms with Crippen LogP contribution < -0.4 is 0 Å². The summed E-state index contributed by atoms with van der Waals surface area (Å²) in [6, 6.07) is 0. The molecule has 0 aliphatic carbocycles.